The molecule has 0 bridgehead atoms. The van der Waals surface area contributed by atoms with Gasteiger partial charge in [-0.05, 0) is 24.6 Å². The van der Waals surface area contributed by atoms with Gasteiger partial charge in [-0.15, -0.1) is 0 Å². The molecule has 1 heterocycles. The second-order valence-corrected chi connectivity index (χ2v) is 6.19. The van der Waals surface area contributed by atoms with Gasteiger partial charge in [0.05, 0.1) is 12.0 Å². The Morgan fingerprint density at radius 3 is 2.47 bits per heavy atom. The van der Waals surface area contributed by atoms with E-state index in [1.807, 2.05) is 0 Å². The van der Waals surface area contributed by atoms with Gasteiger partial charge in [-0.25, -0.2) is 8.42 Å². The van der Waals surface area contributed by atoms with Crippen molar-refractivity contribution in [1.82, 2.24) is 5.16 Å². The summed E-state index contributed by atoms with van der Waals surface area (Å²) < 4.78 is 33.7. The summed E-state index contributed by atoms with van der Waals surface area (Å²) in [6, 6.07) is 4.64. The van der Waals surface area contributed by atoms with E-state index in [1.165, 1.54) is 13.2 Å². The third-order valence-electron chi connectivity index (χ3n) is 2.70. The largest absolute Gasteiger partial charge is 0.496 e. The molecule has 0 aliphatic rings. The van der Waals surface area contributed by atoms with Gasteiger partial charge in [0.2, 0.25) is 5.88 Å². The smallest absolute Gasteiger partial charge is 0.222 e. The van der Waals surface area contributed by atoms with E-state index in [4.69, 9.17) is 15.0 Å². The molecule has 2 N–H and O–H groups in total. The third-order valence-corrected chi connectivity index (χ3v) is 3.84. The quantitative estimate of drug-likeness (QED) is 0.919. The molecule has 1 aromatic heterocycles. The molecule has 2 rings (SSSR count). The summed E-state index contributed by atoms with van der Waals surface area (Å²) in [6.45, 7) is 1.77. The van der Waals surface area contributed by atoms with Crippen LogP contribution in [0, 0.1) is 6.92 Å². The van der Waals surface area contributed by atoms with Gasteiger partial charge >= 0.3 is 0 Å². The first kappa shape index (κ1) is 13.4. The molecule has 0 aliphatic heterocycles. The summed E-state index contributed by atoms with van der Waals surface area (Å²) in [5.41, 5.74) is 6.96. The van der Waals surface area contributed by atoms with Gasteiger partial charge in [0.15, 0.2) is 9.84 Å². The number of hydrogen-bond donors (Lipinski definition) is 1. The Morgan fingerprint density at radius 2 is 2.00 bits per heavy atom. The molecular weight excluding hydrogens is 268 g/mol. The standard InChI is InChI=1S/C12H14N2O4S/c1-7-4-11(19(3,15)16)8(5-10(7)17-2)9-6-12(13)18-14-9/h4-6H,13H2,1-3H3. The number of sulfone groups is 1. The van der Waals surface area contributed by atoms with Crippen LogP contribution in [0.15, 0.2) is 27.6 Å². The first-order valence-electron chi connectivity index (χ1n) is 5.44. The molecule has 102 valence electrons. The zero-order valence-corrected chi connectivity index (χ0v) is 11.6. The number of nitrogens with zero attached hydrogens (tertiary/aromatic N) is 1. The van der Waals surface area contributed by atoms with Gasteiger partial charge < -0.3 is 15.0 Å². The molecule has 0 fully saturated rings. The van der Waals surface area contributed by atoms with Gasteiger partial charge in [-0.2, -0.15) is 0 Å². The molecular formula is C12H14N2O4S. The molecule has 0 unspecified atom stereocenters. The Morgan fingerprint density at radius 1 is 1.32 bits per heavy atom. The van der Waals surface area contributed by atoms with Crippen LogP contribution in [0.2, 0.25) is 0 Å². The SMILES string of the molecule is COc1cc(-c2cc(N)on2)c(S(C)(=O)=O)cc1C. The molecule has 2 aromatic rings. The molecule has 0 saturated heterocycles. The lowest BCUT2D eigenvalue weighted by molar-refractivity contribution is 0.411. The first-order valence-corrected chi connectivity index (χ1v) is 7.33. The summed E-state index contributed by atoms with van der Waals surface area (Å²) in [5, 5.41) is 3.75. The van der Waals surface area contributed by atoms with Crippen molar-refractivity contribution >= 4 is 15.7 Å². The van der Waals surface area contributed by atoms with Crippen molar-refractivity contribution in [2.75, 3.05) is 19.1 Å². The Labute approximate surface area is 111 Å². The van der Waals surface area contributed by atoms with Crippen LogP contribution in [-0.4, -0.2) is 26.9 Å². The fraction of sp³-hybridized carbons (Fsp3) is 0.250. The Balaban J connectivity index is 2.76. The maximum atomic E-state index is 11.9. The maximum absolute atomic E-state index is 11.9. The maximum Gasteiger partial charge on any atom is 0.222 e. The van der Waals surface area contributed by atoms with E-state index in [9.17, 15) is 8.42 Å². The van der Waals surface area contributed by atoms with E-state index in [0.29, 0.717) is 17.0 Å². The number of hydrogen-bond acceptors (Lipinski definition) is 6. The normalized spacial score (nSPS) is 11.5. The van der Waals surface area contributed by atoms with Crippen LogP contribution >= 0.6 is 0 Å². The minimum Gasteiger partial charge on any atom is -0.496 e. The van der Waals surface area contributed by atoms with Crippen LogP contribution in [-0.2, 0) is 9.84 Å². The predicted molar refractivity (Wildman–Crippen MR) is 70.8 cm³/mol. The molecule has 0 spiro atoms. The minimum atomic E-state index is -3.40. The third kappa shape index (κ3) is 2.55. The van der Waals surface area contributed by atoms with Crippen LogP contribution in [0.3, 0.4) is 0 Å². The number of nitrogen functional groups attached to an aromatic ring is 1. The lowest BCUT2D eigenvalue weighted by atomic mass is 10.1. The second kappa shape index (κ2) is 4.58. The fourth-order valence-electron chi connectivity index (χ4n) is 1.80. The second-order valence-electron chi connectivity index (χ2n) is 4.20. The summed E-state index contributed by atoms with van der Waals surface area (Å²) >= 11 is 0. The predicted octanol–water partition coefficient (Wildman–Crippen LogP) is 1.64. The molecule has 0 radical (unpaired) electrons. The minimum absolute atomic E-state index is 0.119. The van der Waals surface area contributed by atoms with Crippen molar-refractivity contribution < 1.29 is 17.7 Å². The van der Waals surface area contributed by atoms with E-state index in [2.05, 4.69) is 5.16 Å². The lowest BCUT2D eigenvalue weighted by Crippen LogP contribution is -2.02. The van der Waals surface area contributed by atoms with E-state index in [0.717, 1.165) is 11.8 Å². The molecule has 7 heteroatoms. The molecule has 0 atom stereocenters. The van der Waals surface area contributed by atoms with Crippen LogP contribution in [0.1, 0.15) is 5.56 Å². The summed E-state index contributed by atoms with van der Waals surface area (Å²) in [4.78, 5) is 0.166. The average Bonchev–Trinajstić information content (AvgIpc) is 2.74. The Bertz CT molecular complexity index is 719. The number of aromatic nitrogens is 1. The highest BCUT2D eigenvalue weighted by molar-refractivity contribution is 7.90. The number of methoxy groups -OCH3 is 1. The number of anilines is 1. The van der Waals surface area contributed by atoms with E-state index in [1.54, 1.807) is 19.1 Å². The highest BCUT2D eigenvalue weighted by Gasteiger charge is 2.19. The fourth-order valence-corrected chi connectivity index (χ4v) is 2.76. The number of ether oxygens (including phenoxy) is 1. The molecule has 0 aliphatic carbocycles. The monoisotopic (exact) mass is 282 g/mol. The first-order chi connectivity index (χ1) is 8.82. The van der Waals surface area contributed by atoms with Crippen molar-refractivity contribution in [2.24, 2.45) is 0 Å². The van der Waals surface area contributed by atoms with Crippen molar-refractivity contribution in [1.29, 1.82) is 0 Å². The summed E-state index contributed by atoms with van der Waals surface area (Å²) in [6.07, 6.45) is 1.14. The van der Waals surface area contributed by atoms with E-state index >= 15 is 0 Å². The molecule has 19 heavy (non-hydrogen) atoms. The van der Waals surface area contributed by atoms with Gasteiger partial charge in [0.25, 0.3) is 0 Å². The zero-order chi connectivity index (χ0) is 14.2. The summed E-state index contributed by atoms with van der Waals surface area (Å²) in [5.74, 6) is 0.693. The lowest BCUT2D eigenvalue weighted by Gasteiger charge is -2.11. The van der Waals surface area contributed by atoms with E-state index < -0.39 is 9.84 Å². The highest BCUT2D eigenvalue weighted by Crippen LogP contribution is 2.33. The van der Waals surface area contributed by atoms with Crippen LogP contribution in [0.25, 0.3) is 11.3 Å². The van der Waals surface area contributed by atoms with Crippen LogP contribution < -0.4 is 10.5 Å². The number of rotatable bonds is 3. The van der Waals surface area contributed by atoms with E-state index in [-0.39, 0.29) is 10.8 Å². The van der Waals surface area contributed by atoms with Crippen molar-refractivity contribution in [3.63, 3.8) is 0 Å². The van der Waals surface area contributed by atoms with Crippen molar-refractivity contribution in [2.45, 2.75) is 11.8 Å². The van der Waals surface area contributed by atoms with Crippen molar-refractivity contribution in [3.8, 4) is 17.0 Å². The topological polar surface area (TPSA) is 95.4 Å². The number of nitrogens with two attached hydrogens (primary N) is 1. The molecule has 0 saturated carbocycles. The number of benzene rings is 1. The van der Waals surface area contributed by atoms with Gasteiger partial charge in [0, 0.05) is 17.9 Å². The Kier molecular flexibility index (Phi) is 3.23. The molecule has 0 amide bonds. The summed E-state index contributed by atoms with van der Waals surface area (Å²) in [7, 11) is -1.88. The van der Waals surface area contributed by atoms with Gasteiger partial charge in [-0.1, -0.05) is 5.16 Å². The number of aryl methyl sites for hydroxylation is 1. The Hall–Kier alpha value is -2.02. The van der Waals surface area contributed by atoms with Gasteiger partial charge in [-0.3, -0.25) is 0 Å². The van der Waals surface area contributed by atoms with Crippen LogP contribution in [0.4, 0.5) is 5.88 Å². The highest BCUT2D eigenvalue weighted by atomic mass is 32.2. The van der Waals surface area contributed by atoms with Crippen molar-refractivity contribution in [3.05, 3.63) is 23.8 Å². The molecule has 1 aromatic carbocycles. The molecule has 6 nitrogen and oxygen atoms in total. The van der Waals surface area contributed by atoms with Gasteiger partial charge in [0.1, 0.15) is 11.4 Å². The average molecular weight is 282 g/mol. The zero-order valence-electron chi connectivity index (χ0n) is 10.8. The van der Waals surface area contributed by atoms with Crippen LogP contribution in [0.5, 0.6) is 5.75 Å².